The van der Waals surface area contributed by atoms with Crippen LogP contribution in [0.1, 0.15) is 19.8 Å². The fourth-order valence-corrected chi connectivity index (χ4v) is 2.75. The van der Waals surface area contributed by atoms with Gasteiger partial charge in [0.15, 0.2) is 0 Å². The molecule has 14 heavy (non-hydrogen) atoms. The third-order valence-corrected chi connectivity index (χ3v) is 4.13. The molecule has 84 valence electrons. The quantitative estimate of drug-likeness (QED) is 0.673. The van der Waals surface area contributed by atoms with Crippen LogP contribution in [-0.4, -0.2) is 38.9 Å². The molecule has 0 unspecified atom stereocenters. The third-order valence-electron chi connectivity index (χ3n) is 2.51. The largest absolute Gasteiger partial charge is 0.329 e. The van der Waals surface area contributed by atoms with Crippen molar-refractivity contribution in [1.29, 1.82) is 0 Å². The predicted molar refractivity (Wildman–Crippen MR) is 55.9 cm³/mol. The van der Waals surface area contributed by atoms with E-state index in [0.717, 1.165) is 12.8 Å². The zero-order valence-electron chi connectivity index (χ0n) is 8.57. The van der Waals surface area contributed by atoms with Gasteiger partial charge >= 0.3 is 0 Å². The topological polar surface area (TPSA) is 75.4 Å². The van der Waals surface area contributed by atoms with Crippen LogP contribution in [0.5, 0.6) is 0 Å². The number of hydrogen-bond acceptors (Lipinski definition) is 3. The Labute approximate surface area is 85.8 Å². The first-order valence-corrected chi connectivity index (χ1v) is 6.45. The summed E-state index contributed by atoms with van der Waals surface area (Å²) < 4.78 is 27.2. The molecule has 0 spiro atoms. The van der Waals surface area contributed by atoms with Crippen molar-refractivity contribution in [3.8, 4) is 0 Å². The van der Waals surface area contributed by atoms with E-state index in [0.29, 0.717) is 32.1 Å². The standard InChI is InChI=1S/C8H19N3O2S/c1-8-2-6-11(7-3-8)14(12,13)10-5-4-9/h8,10H,2-7,9H2,1H3. The van der Waals surface area contributed by atoms with Crippen molar-refractivity contribution >= 4 is 10.2 Å². The van der Waals surface area contributed by atoms with Crippen LogP contribution in [0.15, 0.2) is 0 Å². The fourth-order valence-electron chi connectivity index (χ4n) is 1.50. The van der Waals surface area contributed by atoms with E-state index in [4.69, 9.17) is 5.73 Å². The summed E-state index contributed by atoms with van der Waals surface area (Å²) in [6.45, 7) is 4.05. The Hall–Kier alpha value is -0.170. The van der Waals surface area contributed by atoms with Gasteiger partial charge in [-0.25, -0.2) is 4.72 Å². The van der Waals surface area contributed by atoms with E-state index in [9.17, 15) is 8.42 Å². The van der Waals surface area contributed by atoms with Crippen LogP contribution in [0, 0.1) is 5.92 Å². The lowest BCUT2D eigenvalue weighted by molar-refractivity contribution is 0.285. The lowest BCUT2D eigenvalue weighted by Crippen LogP contribution is -2.45. The van der Waals surface area contributed by atoms with Gasteiger partial charge in [0.1, 0.15) is 0 Å². The highest BCUT2D eigenvalue weighted by Gasteiger charge is 2.25. The van der Waals surface area contributed by atoms with Crippen molar-refractivity contribution in [2.24, 2.45) is 11.7 Å². The van der Waals surface area contributed by atoms with Crippen LogP contribution in [0.2, 0.25) is 0 Å². The Morgan fingerprint density at radius 2 is 2.00 bits per heavy atom. The maximum Gasteiger partial charge on any atom is 0.279 e. The summed E-state index contributed by atoms with van der Waals surface area (Å²) in [6, 6.07) is 0. The van der Waals surface area contributed by atoms with Crippen molar-refractivity contribution < 1.29 is 8.42 Å². The highest BCUT2D eigenvalue weighted by atomic mass is 32.2. The van der Waals surface area contributed by atoms with Crippen LogP contribution in [0.25, 0.3) is 0 Å². The van der Waals surface area contributed by atoms with E-state index in [1.54, 1.807) is 0 Å². The van der Waals surface area contributed by atoms with E-state index in [-0.39, 0.29) is 0 Å². The minimum atomic E-state index is -3.27. The zero-order chi connectivity index (χ0) is 10.6. The van der Waals surface area contributed by atoms with Crippen molar-refractivity contribution in [1.82, 2.24) is 9.03 Å². The average molecular weight is 221 g/mol. The molecule has 1 saturated heterocycles. The maximum atomic E-state index is 11.6. The predicted octanol–water partition coefficient (Wildman–Crippen LogP) is -0.489. The normalized spacial score (nSPS) is 21.3. The first-order valence-electron chi connectivity index (χ1n) is 5.01. The average Bonchev–Trinajstić information content (AvgIpc) is 2.16. The molecule has 0 aliphatic carbocycles. The van der Waals surface area contributed by atoms with Gasteiger partial charge in [-0.05, 0) is 18.8 Å². The molecule has 0 bridgehead atoms. The van der Waals surface area contributed by atoms with Crippen LogP contribution < -0.4 is 10.5 Å². The van der Waals surface area contributed by atoms with Crippen molar-refractivity contribution in [3.63, 3.8) is 0 Å². The monoisotopic (exact) mass is 221 g/mol. The molecule has 1 aliphatic rings. The van der Waals surface area contributed by atoms with Gasteiger partial charge in [-0.1, -0.05) is 6.92 Å². The van der Waals surface area contributed by atoms with Crippen LogP contribution >= 0.6 is 0 Å². The summed E-state index contributed by atoms with van der Waals surface area (Å²) in [6.07, 6.45) is 1.90. The smallest absolute Gasteiger partial charge is 0.279 e. The minimum absolute atomic E-state index is 0.314. The second-order valence-electron chi connectivity index (χ2n) is 3.77. The van der Waals surface area contributed by atoms with Gasteiger partial charge in [0.25, 0.3) is 10.2 Å². The molecule has 3 N–H and O–H groups in total. The molecule has 6 heteroatoms. The molecule has 1 rings (SSSR count). The van der Waals surface area contributed by atoms with E-state index < -0.39 is 10.2 Å². The Kier molecular flexibility index (Phi) is 4.31. The van der Waals surface area contributed by atoms with Crippen molar-refractivity contribution in [2.75, 3.05) is 26.2 Å². The third kappa shape index (κ3) is 3.20. The Bertz CT molecular complexity index is 258. The molecule has 1 fully saturated rings. The van der Waals surface area contributed by atoms with E-state index >= 15 is 0 Å². The molecule has 0 amide bonds. The van der Waals surface area contributed by atoms with Gasteiger partial charge in [0, 0.05) is 26.2 Å². The molecule has 1 heterocycles. The zero-order valence-corrected chi connectivity index (χ0v) is 9.39. The fraction of sp³-hybridized carbons (Fsp3) is 1.00. The number of nitrogens with one attached hydrogen (secondary N) is 1. The van der Waals surface area contributed by atoms with Gasteiger partial charge in [0.05, 0.1) is 0 Å². The molecule has 0 atom stereocenters. The first kappa shape index (κ1) is 11.9. The van der Waals surface area contributed by atoms with E-state index in [1.165, 1.54) is 4.31 Å². The molecular formula is C8H19N3O2S. The van der Waals surface area contributed by atoms with Crippen LogP contribution in [0.4, 0.5) is 0 Å². The summed E-state index contributed by atoms with van der Waals surface area (Å²) in [5.74, 6) is 0.635. The van der Waals surface area contributed by atoms with Crippen LogP contribution in [-0.2, 0) is 10.2 Å². The summed E-state index contributed by atoms with van der Waals surface area (Å²) in [7, 11) is -3.27. The molecule has 0 saturated carbocycles. The van der Waals surface area contributed by atoms with E-state index in [1.807, 2.05) is 0 Å². The SMILES string of the molecule is CC1CCN(S(=O)(=O)NCCN)CC1. The van der Waals surface area contributed by atoms with Gasteiger partial charge in [0.2, 0.25) is 0 Å². The maximum absolute atomic E-state index is 11.6. The van der Waals surface area contributed by atoms with Gasteiger partial charge in [-0.15, -0.1) is 0 Å². The highest BCUT2D eigenvalue weighted by Crippen LogP contribution is 2.17. The number of nitrogens with zero attached hydrogens (tertiary/aromatic N) is 1. The van der Waals surface area contributed by atoms with Gasteiger partial charge < -0.3 is 5.73 Å². The Morgan fingerprint density at radius 1 is 1.43 bits per heavy atom. The van der Waals surface area contributed by atoms with Gasteiger partial charge in [-0.3, -0.25) is 0 Å². The second-order valence-corrected chi connectivity index (χ2v) is 5.52. The molecule has 0 radical (unpaired) electrons. The van der Waals surface area contributed by atoms with Crippen LogP contribution in [0.3, 0.4) is 0 Å². The number of nitrogens with two attached hydrogens (primary N) is 1. The molecule has 0 aromatic rings. The Morgan fingerprint density at radius 3 is 2.50 bits per heavy atom. The number of rotatable bonds is 4. The highest BCUT2D eigenvalue weighted by molar-refractivity contribution is 7.87. The van der Waals surface area contributed by atoms with Crippen molar-refractivity contribution in [3.05, 3.63) is 0 Å². The van der Waals surface area contributed by atoms with Gasteiger partial charge in [-0.2, -0.15) is 12.7 Å². The molecule has 1 aliphatic heterocycles. The molecule has 0 aromatic heterocycles. The summed E-state index contributed by atoms with van der Waals surface area (Å²) in [5.41, 5.74) is 5.24. The molecule has 0 aromatic carbocycles. The lowest BCUT2D eigenvalue weighted by Gasteiger charge is -2.29. The number of piperidine rings is 1. The number of hydrogen-bond donors (Lipinski definition) is 2. The van der Waals surface area contributed by atoms with Crippen molar-refractivity contribution in [2.45, 2.75) is 19.8 Å². The van der Waals surface area contributed by atoms with E-state index in [2.05, 4.69) is 11.6 Å². The second kappa shape index (κ2) is 5.06. The molecule has 5 nitrogen and oxygen atoms in total. The first-order chi connectivity index (χ1) is 6.56. The summed E-state index contributed by atoms with van der Waals surface area (Å²) in [5, 5.41) is 0. The lowest BCUT2D eigenvalue weighted by atomic mass is 10.0. The summed E-state index contributed by atoms with van der Waals surface area (Å²) >= 11 is 0. The Balaban J connectivity index is 2.47. The summed E-state index contributed by atoms with van der Waals surface area (Å²) in [4.78, 5) is 0. The molecular weight excluding hydrogens is 202 g/mol. The minimum Gasteiger partial charge on any atom is -0.329 e.